The van der Waals surface area contributed by atoms with Crippen molar-refractivity contribution < 1.29 is 13.9 Å². The van der Waals surface area contributed by atoms with Crippen molar-refractivity contribution in [2.45, 2.75) is 12.6 Å². The maximum absolute atomic E-state index is 13.4. The van der Waals surface area contributed by atoms with Crippen LogP contribution in [0.3, 0.4) is 0 Å². The Balaban J connectivity index is 1.62. The van der Waals surface area contributed by atoms with Crippen molar-refractivity contribution in [2.75, 3.05) is 47.0 Å². The number of benzene rings is 1. The number of pyridine rings is 1. The van der Waals surface area contributed by atoms with Gasteiger partial charge in [0, 0.05) is 45.5 Å². The Morgan fingerprint density at radius 1 is 1.24 bits per heavy atom. The van der Waals surface area contributed by atoms with E-state index in [4.69, 9.17) is 9.47 Å². The molecule has 1 aromatic heterocycles. The molecule has 0 aliphatic carbocycles. The highest BCUT2D eigenvalue weighted by Crippen LogP contribution is 2.21. The summed E-state index contributed by atoms with van der Waals surface area (Å²) in [5.41, 5.74) is 2.11. The minimum Gasteiger partial charge on any atom is -0.481 e. The number of hydrogen-bond acceptors (Lipinski definition) is 5. The summed E-state index contributed by atoms with van der Waals surface area (Å²) in [4.78, 5) is 10.8. The molecule has 7 nitrogen and oxygen atoms in total. The van der Waals surface area contributed by atoms with Crippen LogP contribution < -0.4 is 15.4 Å². The SMILES string of the molecule is CN=C(NCc1ccnc(OC)c1)NCC(c1ccc(F)cc1)N1CCOCC1. The van der Waals surface area contributed by atoms with E-state index < -0.39 is 0 Å². The molecule has 2 N–H and O–H groups in total. The third-order valence-corrected chi connectivity index (χ3v) is 4.90. The van der Waals surface area contributed by atoms with Crippen molar-refractivity contribution in [2.24, 2.45) is 4.99 Å². The van der Waals surface area contributed by atoms with Crippen LogP contribution in [0.5, 0.6) is 5.88 Å². The van der Waals surface area contributed by atoms with E-state index in [-0.39, 0.29) is 11.9 Å². The molecule has 156 valence electrons. The highest BCUT2D eigenvalue weighted by molar-refractivity contribution is 5.79. The molecule has 8 heteroatoms. The number of morpholine rings is 1. The zero-order valence-electron chi connectivity index (χ0n) is 16.9. The highest BCUT2D eigenvalue weighted by atomic mass is 19.1. The van der Waals surface area contributed by atoms with Crippen LogP contribution in [0.2, 0.25) is 0 Å². The summed E-state index contributed by atoms with van der Waals surface area (Å²) in [5, 5.41) is 6.70. The number of nitrogens with one attached hydrogen (secondary N) is 2. The van der Waals surface area contributed by atoms with E-state index in [9.17, 15) is 4.39 Å². The number of ether oxygens (including phenoxy) is 2. The lowest BCUT2D eigenvalue weighted by atomic mass is 10.0. The predicted molar refractivity (Wildman–Crippen MR) is 111 cm³/mol. The molecule has 1 fully saturated rings. The third kappa shape index (κ3) is 6.13. The largest absolute Gasteiger partial charge is 0.481 e. The molecule has 1 aliphatic rings. The summed E-state index contributed by atoms with van der Waals surface area (Å²) in [6, 6.07) is 10.6. The fraction of sp³-hybridized carbons (Fsp3) is 0.429. The van der Waals surface area contributed by atoms with Gasteiger partial charge in [-0.3, -0.25) is 9.89 Å². The van der Waals surface area contributed by atoms with Gasteiger partial charge in [-0.05, 0) is 29.3 Å². The van der Waals surface area contributed by atoms with Crippen molar-refractivity contribution in [1.82, 2.24) is 20.5 Å². The fourth-order valence-corrected chi connectivity index (χ4v) is 3.30. The molecule has 0 bridgehead atoms. The first-order valence-corrected chi connectivity index (χ1v) is 9.70. The van der Waals surface area contributed by atoms with Gasteiger partial charge >= 0.3 is 0 Å². The number of aromatic nitrogens is 1. The van der Waals surface area contributed by atoms with E-state index in [1.807, 2.05) is 24.3 Å². The molecule has 3 rings (SSSR count). The molecule has 2 aromatic rings. The molecule has 1 unspecified atom stereocenters. The summed E-state index contributed by atoms with van der Waals surface area (Å²) < 4.78 is 24.0. The number of nitrogens with zero attached hydrogens (tertiary/aromatic N) is 3. The Morgan fingerprint density at radius 3 is 2.69 bits per heavy atom. The van der Waals surface area contributed by atoms with Gasteiger partial charge in [-0.25, -0.2) is 9.37 Å². The second-order valence-electron chi connectivity index (χ2n) is 6.73. The molecular weight excluding hydrogens is 373 g/mol. The zero-order chi connectivity index (χ0) is 20.5. The second-order valence-corrected chi connectivity index (χ2v) is 6.73. The number of halogens is 1. The first-order chi connectivity index (χ1) is 14.2. The summed E-state index contributed by atoms with van der Waals surface area (Å²) >= 11 is 0. The van der Waals surface area contributed by atoms with Crippen molar-refractivity contribution >= 4 is 5.96 Å². The van der Waals surface area contributed by atoms with Crippen molar-refractivity contribution in [3.8, 4) is 5.88 Å². The van der Waals surface area contributed by atoms with Crippen LogP contribution in [0, 0.1) is 5.82 Å². The lowest BCUT2D eigenvalue weighted by molar-refractivity contribution is 0.0170. The van der Waals surface area contributed by atoms with E-state index in [0.717, 1.165) is 24.2 Å². The van der Waals surface area contributed by atoms with Crippen LogP contribution in [0.25, 0.3) is 0 Å². The van der Waals surface area contributed by atoms with Crippen molar-refractivity contribution in [1.29, 1.82) is 0 Å². The first kappa shape index (κ1) is 21.0. The van der Waals surface area contributed by atoms with Gasteiger partial charge in [0.05, 0.1) is 26.4 Å². The second kappa shape index (κ2) is 10.7. The Hall–Kier alpha value is -2.71. The Labute approximate surface area is 170 Å². The molecule has 0 radical (unpaired) electrons. The molecular formula is C21H28FN5O2. The minimum absolute atomic E-state index is 0.0964. The lowest BCUT2D eigenvalue weighted by Crippen LogP contribution is -2.46. The Morgan fingerprint density at radius 2 is 2.00 bits per heavy atom. The van der Waals surface area contributed by atoms with E-state index >= 15 is 0 Å². The summed E-state index contributed by atoms with van der Waals surface area (Å²) in [7, 11) is 3.34. The summed E-state index contributed by atoms with van der Waals surface area (Å²) in [6.45, 7) is 4.32. The number of methoxy groups -OCH3 is 1. The molecule has 0 amide bonds. The average molecular weight is 401 g/mol. The first-order valence-electron chi connectivity index (χ1n) is 9.70. The fourth-order valence-electron chi connectivity index (χ4n) is 3.30. The van der Waals surface area contributed by atoms with Crippen LogP contribution in [0.1, 0.15) is 17.2 Å². The number of aliphatic imine (C=N–C) groups is 1. The van der Waals surface area contributed by atoms with Crippen LogP contribution in [-0.4, -0.2) is 62.8 Å². The van der Waals surface area contributed by atoms with Gasteiger partial charge in [0.15, 0.2) is 5.96 Å². The van der Waals surface area contributed by atoms with Gasteiger partial charge in [0.25, 0.3) is 0 Å². The minimum atomic E-state index is -0.229. The topological polar surface area (TPSA) is 71.0 Å². The van der Waals surface area contributed by atoms with E-state index in [0.29, 0.717) is 38.1 Å². The molecule has 0 spiro atoms. The van der Waals surface area contributed by atoms with Crippen molar-refractivity contribution in [3.05, 3.63) is 59.5 Å². The predicted octanol–water partition coefficient (Wildman–Crippen LogP) is 1.97. The van der Waals surface area contributed by atoms with Gasteiger partial charge in [0.1, 0.15) is 5.82 Å². The number of guanidine groups is 1. The quantitative estimate of drug-likeness (QED) is 0.546. The zero-order valence-corrected chi connectivity index (χ0v) is 16.9. The lowest BCUT2D eigenvalue weighted by Gasteiger charge is -2.35. The van der Waals surface area contributed by atoms with Crippen LogP contribution >= 0.6 is 0 Å². The molecule has 2 heterocycles. The maximum Gasteiger partial charge on any atom is 0.213 e. The van der Waals surface area contributed by atoms with E-state index in [1.165, 1.54) is 12.1 Å². The van der Waals surface area contributed by atoms with E-state index in [1.54, 1.807) is 20.4 Å². The molecule has 1 aliphatic heterocycles. The van der Waals surface area contributed by atoms with Gasteiger partial charge in [-0.2, -0.15) is 0 Å². The van der Waals surface area contributed by atoms with Crippen LogP contribution in [-0.2, 0) is 11.3 Å². The molecule has 1 atom stereocenters. The standard InChI is InChI=1S/C21H28FN5O2/c1-23-21(25-14-16-7-8-24-20(13-16)28-2)26-15-19(27-9-11-29-12-10-27)17-3-5-18(22)6-4-17/h3-8,13,19H,9-12,14-15H2,1-2H3,(H2,23,25,26). The van der Waals surface area contributed by atoms with Gasteiger partial charge in [-0.1, -0.05) is 12.1 Å². The van der Waals surface area contributed by atoms with Gasteiger partial charge < -0.3 is 20.1 Å². The third-order valence-electron chi connectivity index (χ3n) is 4.90. The number of hydrogen-bond donors (Lipinski definition) is 2. The van der Waals surface area contributed by atoms with Crippen LogP contribution in [0.15, 0.2) is 47.6 Å². The Bertz CT molecular complexity index is 794. The number of rotatable bonds is 7. The van der Waals surface area contributed by atoms with Crippen molar-refractivity contribution in [3.63, 3.8) is 0 Å². The van der Waals surface area contributed by atoms with E-state index in [2.05, 4.69) is 25.5 Å². The van der Waals surface area contributed by atoms with Gasteiger partial charge in [0.2, 0.25) is 5.88 Å². The summed E-state index contributed by atoms with van der Waals surface area (Å²) in [6.07, 6.45) is 1.72. The molecule has 1 saturated heterocycles. The molecule has 0 saturated carbocycles. The Kier molecular flexibility index (Phi) is 7.77. The normalized spacial score (nSPS) is 16.3. The summed E-state index contributed by atoms with van der Waals surface area (Å²) in [5.74, 6) is 1.05. The van der Waals surface area contributed by atoms with Gasteiger partial charge in [-0.15, -0.1) is 0 Å². The molecule has 29 heavy (non-hydrogen) atoms. The maximum atomic E-state index is 13.4. The average Bonchev–Trinajstić information content (AvgIpc) is 2.78. The molecule has 1 aromatic carbocycles. The smallest absolute Gasteiger partial charge is 0.213 e. The monoisotopic (exact) mass is 401 g/mol. The highest BCUT2D eigenvalue weighted by Gasteiger charge is 2.23. The van der Waals surface area contributed by atoms with Crippen LogP contribution in [0.4, 0.5) is 4.39 Å².